The Kier molecular flexibility index (Phi) is 12.0. The van der Waals surface area contributed by atoms with Gasteiger partial charge in [0.1, 0.15) is 0 Å². The first kappa shape index (κ1) is 26.4. The predicted octanol–water partition coefficient (Wildman–Crippen LogP) is 3.43. The van der Waals surface area contributed by atoms with Crippen LogP contribution in [0.1, 0.15) is 37.0 Å². The lowest BCUT2D eigenvalue weighted by Crippen LogP contribution is -2.37. The second kappa shape index (κ2) is 13.6. The quantitative estimate of drug-likeness (QED) is 0.185. The zero-order valence-electron chi connectivity index (χ0n) is 17.9. The van der Waals surface area contributed by atoms with E-state index in [2.05, 4.69) is 44.6 Å². The van der Waals surface area contributed by atoms with E-state index < -0.39 is 10.0 Å². The SMILES string of the molecule is CN=C(NCCCc1ccccc1)NCc1ccc(CS(=O)(=O)NC(C)C)cc1.I. The van der Waals surface area contributed by atoms with E-state index in [0.717, 1.165) is 36.5 Å². The number of aryl methyl sites for hydroxylation is 1. The van der Waals surface area contributed by atoms with Crippen molar-refractivity contribution >= 4 is 40.0 Å². The average Bonchev–Trinajstić information content (AvgIpc) is 2.68. The van der Waals surface area contributed by atoms with E-state index in [9.17, 15) is 8.42 Å². The van der Waals surface area contributed by atoms with E-state index in [1.165, 1.54) is 5.56 Å². The van der Waals surface area contributed by atoms with Crippen molar-refractivity contribution in [2.75, 3.05) is 13.6 Å². The topological polar surface area (TPSA) is 82.6 Å². The monoisotopic (exact) mass is 544 g/mol. The van der Waals surface area contributed by atoms with E-state index >= 15 is 0 Å². The smallest absolute Gasteiger partial charge is 0.216 e. The van der Waals surface area contributed by atoms with Crippen molar-refractivity contribution in [1.82, 2.24) is 15.4 Å². The number of aliphatic imine (C=N–C) groups is 1. The van der Waals surface area contributed by atoms with Gasteiger partial charge in [0, 0.05) is 26.2 Å². The molecule has 8 heteroatoms. The summed E-state index contributed by atoms with van der Waals surface area (Å²) < 4.78 is 26.6. The zero-order valence-corrected chi connectivity index (χ0v) is 21.0. The summed E-state index contributed by atoms with van der Waals surface area (Å²) in [4.78, 5) is 4.25. The molecule has 0 bridgehead atoms. The van der Waals surface area contributed by atoms with Gasteiger partial charge < -0.3 is 10.6 Å². The Morgan fingerprint density at radius 1 is 0.933 bits per heavy atom. The molecule has 0 saturated carbocycles. The molecule has 0 amide bonds. The number of nitrogens with one attached hydrogen (secondary N) is 3. The molecule has 0 aliphatic rings. The highest BCUT2D eigenvalue weighted by atomic mass is 127. The number of guanidine groups is 1. The normalized spacial score (nSPS) is 11.8. The van der Waals surface area contributed by atoms with E-state index in [1.807, 2.05) is 44.2 Å². The van der Waals surface area contributed by atoms with E-state index in [1.54, 1.807) is 7.05 Å². The van der Waals surface area contributed by atoms with E-state index in [0.29, 0.717) is 6.54 Å². The first-order chi connectivity index (χ1) is 13.9. The van der Waals surface area contributed by atoms with Crippen LogP contribution in [-0.4, -0.2) is 34.0 Å². The maximum Gasteiger partial charge on any atom is 0.216 e. The van der Waals surface area contributed by atoms with Crippen LogP contribution in [0.5, 0.6) is 0 Å². The summed E-state index contributed by atoms with van der Waals surface area (Å²) in [6.45, 7) is 5.09. The molecule has 0 radical (unpaired) electrons. The van der Waals surface area contributed by atoms with Crippen LogP contribution in [0.3, 0.4) is 0 Å². The molecular formula is C22H33IN4O2S. The Hall–Kier alpha value is -1.65. The molecule has 30 heavy (non-hydrogen) atoms. The highest BCUT2D eigenvalue weighted by Gasteiger charge is 2.12. The Labute approximate surface area is 198 Å². The third-order valence-electron chi connectivity index (χ3n) is 4.26. The molecule has 2 aromatic carbocycles. The predicted molar refractivity (Wildman–Crippen MR) is 136 cm³/mol. The number of rotatable bonds is 10. The first-order valence-electron chi connectivity index (χ1n) is 9.94. The molecule has 0 aromatic heterocycles. The highest BCUT2D eigenvalue weighted by molar-refractivity contribution is 14.0. The van der Waals surface area contributed by atoms with Crippen molar-refractivity contribution in [2.24, 2.45) is 4.99 Å². The molecular weight excluding hydrogens is 511 g/mol. The number of hydrogen-bond donors (Lipinski definition) is 3. The Morgan fingerprint density at radius 3 is 2.17 bits per heavy atom. The van der Waals surface area contributed by atoms with Gasteiger partial charge in [-0.2, -0.15) is 0 Å². The Bertz CT molecular complexity index is 870. The summed E-state index contributed by atoms with van der Waals surface area (Å²) in [6, 6.07) is 17.9. The lowest BCUT2D eigenvalue weighted by atomic mass is 10.1. The average molecular weight is 545 g/mol. The van der Waals surface area contributed by atoms with Gasteiger partial charge in [0.25, 0.3) is 0 Å². The molecule has 0 atom stereocenters. The highest BCUT2D eigenvalue weighted by Crippen LogP contribution is 2.08. The molecule has 0 fully saturated rings. The van der Waals surface area contributed by atoms with Crippen molar-refractivity contribution < 1.29 is 8.42 Å². The summed E-state index contributed by atoms with van der Waals surface area (Å²) in [6.07, 6.45) is 2.05. The van der Waals surface area contributed by atoms with Crippen LogP contribution in [0.15, 0.2) is 59.6 Å². The lowest BCUT2D eigenvalue weighted by molar-refractivity contribution is 0.569. The fourth-order valence-electron chi connectivity index (χ4n) is 2.92. The molecule has 0 spiro atoms. The van der Waals surface area contributed by atoms with Crippen LogP contribution in [-0.2, 0) is 28.7 Å². The third-order valence-corrected chi connectivity index (χ3v) is 5.80. The Balaban J connectivity index is 0.00000450. The molecule has 0 heterocycles. The minimum Gasteiger partial charge on any atom is -0.356 e. The van der Waals surface area contributed by atoms with Gasteiger partial charge in [0.15, 0.2) is 5.96 Å². The summed E-state index contributed by atoms with van der Waals surface area (Å²) in [7, 11) is -1.55. The van der Waals surface area contributed by atoms with Crippen LogP contribution in [0.25, 0.3) is 0 Å². The van der Waals surface area contributed by atoms with Gasteiger partial charge in [-0.05, 0) is 43.4 Å². The van der Waals surface area contributed by atoms with Crippen molar-refractivity contribution in [2.45, 2.75) is 45.0 Å². The number of sulfonamides is 1. The fraction of sp³-hybridized carbons (Fsp3) is 0.409. The zero-order chi connectivity index (χ0) is 21.1. The van der Waals surface area contributed by atoms with Crippen molar-refractivity contribution in [1.29, 1.82) is 0 Å². The van der Waals surface area contributed by atoms with Gasteiger partial charge in [0.05, 0.1) is 5.75 Å². The van der Waals surface area contributed by atoms with Crippen molar-refractivity contribution in [3.8, 4) is 0 Å². The maximum atomic E-state index is 12.0. The largest absolute Gasteiger partial charge is 0.356 e. The van der Waals surface area contributed by atoms with Crippen LogP contribution in [0.4, 0.5) is 0 Å². The van der Waals surface area contributed by atoms with Crippen LogP contribution < -0.4 is 15.4 Å². The van der Waals surface area contributed by atoms with E-state index in [-0.39, 0.29) is 35.8 Å². The molecule has 3 N–H and O–H groups in total. The lowest BCUT2D eigenvalue weighted by Gasteiger charge is -2.13. The molecule has 0 unspecified atom stereocenters. The van der Waals surface area contributed by atoms with Gasteiger partial charge in [-0.15, -0.1) is 24.0 Å². The van der Waals surface area contributed by atoms with Crippen molar-refractivity contribution in [3.63, 3.8) is 0 Å². The van der Waals surface area contributed by atoms with E-state index in [4.69, 9.17) is 0 Å². The number of hydrogen-bond acceptors (Lipinski definition) is 3. The summed E-state index contributed by atoms with van der Waals surface area (Å²) in [5, 5.41) is 6.61. The summed E-state index contributed by atoms with van der Waals surface area (Å²) in [5.41, 5.74) is 3.17. The van der Waals surface area contributed by atoms with Gasteiger partial charge in [-0.1, -0.05) is 54.6 Å². The molecule has 6 nitrogen and oxygen atoms in total. The summed E-state index contributed by atoms with van der Waals surface area (Å²) >= 11 is 0. The van der Waals surface area contributed by atoms with Gasteiger partial charge in [-0.25, -0.2) is 13.1 Å². The second-order valence-corrected chi connectivity index (χ2v) is 9.04. The van der Waals surface area contributed by atoms with Crippen molar-refractivity contribution in [3.05, 3.63) is 71.3 Å². The summed E-state index contributed by atoms with van der Waals surface area (Å²) in [5.74, 6) is 0.745. The van der Waals surface area contributed by atoms with Crippen LogP contribution >= 0.6 is 24.0 Å². The third kappa shape index (κ3) is 10.4. The molecule has 0 saturated heterocycles. The van der Waals surface area contributed by atoms with Gasteiger partial charge >= 0.3 is 0 Å². The number of nitrogens with zero attached hydrogens (tertiary/aromatic N) is 1. The molecule has 2 rings (SSSR count). The van der Waals surface area contributed by atoms with Crippen LogP contribution in [0, 0.1) is 0 Å². The van der Waals surface area contributed by atoms with Crippen LogP contribution in [0.2, 0.25) is 0 Å². The standard InChI is InChI=1S/C22H32N4O2S.HI/c1-18(2)26-29(27,28)17-21-13-11-20(12-14-21)16-25-22(23-3)24-15-7-10-19-8-5-4-6-9-19;/h4-6,8-9,11-14,18,26H,7,10,15-17H2,1-3H3,(H2,23,24,25);1H. The van der Waals surface area contributed by atoms with Gasteiger partial charge in [0.2, 0.25) is 10.0 Å². The number of benzene rings is 2. The number of halogens is 1. The minimum atomic E-state index is -3.30. The maximum absolute atomic E-state index is 12.0. The fourth-order valence-corrected chi connectivity index (χ4v) is 4.36. The molecule has 0 aliphatic carbocycles. The Morgan fingerprint density at radius 2 is 1.57 bits per heavy atom. The molecule has 0 aliphatic heterocycles. The molecule has 2 aromatic rings. The first-order valence-corrected chi connectivity index (χ1v) is 11.6. The molecule has 166 valence electrons. The van der Waals surface area contributed by atoms with Gasteiger partial charge in [-0.3, -0.25) is 4.99 Å². The minimum absolute atomic E-state index is 0. The second-order valence-electron chi connectivity index (χ2n) is 7.29.